The summed E-state index contributed by atoms with van der Waals surface area (Å²) in [4.78, 5) is 15.0. The molecule has 2 aliphatic rings. The van der Waals surface area contributed by atoms with Crippen LogP contribution in [-0.4, -0.2) is 35.0 Å². The Hall–Kier alpha value is -2.73. The lowest BCUT2D eigenvalue weighted by atomic mass is 9.93. The topological polar surface area (TPSA) is 37.3 Å². The van der Waals surface area contributed by atoms with Crippen molar-refractivity contribution < 1.29 is 13.6 Å². The average molecular weight is 452 g/mol. The number of fused-ring (bicyclic) bond motifs is 6. The smallest absolute Gasteiger partial charge is 0.220 e. The van der Waals surface area contributed by atoms with Crippen molar-refractivity contribution in [1.29, 1.82) is 0 Å². The molecule has 1 amide bonds. The van der Waals surface area contributed by atoms with E-state index in [1.54, 1.807) is 7.05 Å². The van der Waals surface area contributed by atoms with Crippen molar-refractivity contribution in [2.75, 3.05) is 13.6 Å². The molecule has 3 atom stereocenters. The van der Waals surface area contributed by atoms with Gasteiger partial charge in [0, 0.05) is 67.1 Å². The van der Waals surface area contributed by atoms with E-state index in [9.17, 15) is 13.6 Å². The Kier molecular flexibility index (Phi) is 5.73. The number of nitrogens with one attached hydrogen (secondary N) is 1. The van der Waals surface area contributed by atoms with E-state index < -0.39 is 17.6 Å². The first-order valence-electron chi connectivity index (χ1n) is 11.9. The molecule has 1 N–H and O–H groups in total. The van der Waals surface area contributed by atoms with Crippen LogP contribution in [0.25, 0.3) is 10.9 Å². The summed E-state index contributed by atoms with van der Waals surface area (Å²) in [6.07, 6.45) is 3.46. The Bertz CT molecular complexity index is 1220. The quantitative estimate of drug-likeness (QED) is 0.557. The molecule has 2 aliphatic heterocycles. The van der Waals surface area contributed by atoms with E-state index >= 15 is 0 Å². The lowest BCUT2D eigenvalue weighted by molar-refractivity contribution is -0.121. The molecule has 5 rings (SSSR count). The molecule has 33 heavy (non-hydrogen) atoms. The van der Waals surface area contributed by atoms with Crippen LogP contribution in [0.3, 0.4) is 0 Å². The van der Waals surface area contributed by atoms with Crippen LogP contribution in [0.4, 0.5) is 8.78 Å². The lowest BCUT2D eigenvalue weighted by Crippen LogP contribution is -2.37. The van der Waals surface area contributed by atoms with Crippen molar-refractivity contribution in [2.45, 2.75) is 64.1 Å². The summed E-state index contributed by atoms with van der Waals surface area (Å²) in [6, 6.07) is 11.2. The lowest BCUT2D eigenvalue weighted by Gasteiger charge is -2.35. The van der Waals surface area contributed by atoms with Gasteiger partial charge < -0.3 is 9.88 Å². The third-order valence-electron chi connectivity index (χ3n) is 7.66. The molecule has 0 spiro atoms. The van der Waals surface area contributed by atoms with Crippen LogP contribution in [0.15, 0.2) is 36.4 Å². The van der Waals surface area contributed by atoms with Crippen molar-refractivity contribution in [2.24, 2.45) is 0 Å². The second kappa shape index (κ2) is 8.56. The Balaban J connectivity index is 1.64. The molecule has 4 nitrogen and oxygen atoms in total. The Morgan fingerprint density at radius 1 is 1.18 bits per heavy atom. The first kappa shape index (κ1) is 22.1. The van der Waals surface area contributed by atoms with Gasteiger partial charge in [0.15, 0.2) is 0 Å². The van der Waals surface area contributed by atoms with Crippen LogP contribution in [0.5, 0.6) is 0 Å². The highest BCUT2D eigenvalue weighted by atomic mass is 19.1. The van der Waals surface area contributed by atoms with Crippen molar-refractivity contribution in [3.05, 3.63) is 70.4 Å². The highest BCUT2D eigenvalue weighted by Gasteiger charge is 2.42. The van der Waals surface area contributed by atoms with E-state index in [0.717, 1.165) is 31.0 Å². The molecule has 0 aliphatic carbocycles. The van der Waals surface area contributed by atoms with E-state index in [1.165, 1.54) is 40.8 Å². The zero-order valence-corrected chi connectivity index (χ0v) is 19.5. The van der Waals surface area contributed by atoms with E-state index in [2.05, 4.69) is 46.8 Å². The highest BCUT2D eigenvalue weighted by Crippen LogP contribution is 2.48. The van der Waals surface area contributed by atoms with Gasteiger partial charge in [-0.3, -0.25) is 9.69 Å². The molecule has 174 valence electrons. The molecule has 0 radical (unpaired) electrons. The number of amides is 1. The molecule has 3 heterocycles. The van der Waals surface area contributed by atoms with Crippen LogP contribution >= 0.6 is 0 Å². The number of hydrogen-bond acceptors (Lipinski definition) is 2. The SMILES string of the molecule is CCN1C2CCC1c1c(n(CC(CC(=O)NC)c3ccc(F)cc3F)c3ccc(C)cc13)C2. The van der Waals surface area contributed by atoms with Crippen molar-refractivity contribution in [1.82, 2.24) is 14.8 Å². The summed E-state index contributed by atoms with van der Waals surface area (Å²) in [6.45, 7) is 5.87. The monoisotopic (exact) mass is 451 g/mol. The van der Waals surface area contributed by atoms with Crippen molar-refractivity contribution in [3.8, 4) is 0 Å². The fourth-order valence-electron chi connectivity index (χ4n) is 6.17. The summed E-state index contributed by atoms with van der Waals surface area (Å²) in [7, 11) is 1.59. The van der Waals surface area contributed by atoms with Crippen LogP contribution < -0.4 is 5.32 Å². The summed E-state index contributed by atoms with van der Waals surface area (Å²) >= 11 is 0. The number of hydrogen-bond donors (Lipinski definition) is 1. The van der Waals surface area contributed by atoms with Crippen LogP contribution in [0.1, 0.15) is 60.5 Å². The minimum Gasteiger partial charge on any atom is -0.359 e. The number of carbonyl (C=O) groups is 1. The fourth-order valence-corrected chi connectivity index (χ4v) is 6.17. The summed E-state index contributed by atoms with van der Waals surface area (Å²) in [5.41, 5.74) is 5.47. The molecule has 3 unspecified atom stereocenters. The van der Waals surface area contributed by atoms with Gasteiger partial charge in [0.2, 0.25) is 5.91 Å². The minimum absolute atomic E-state index is 0.146. The fraction of sp³-hybridized carbons (Fsp3) is 0.444. The first-order valence-corrected chi connectivity index (χ1v) is 11.9. The number of aromatic nitrogens is 1. The molecule has 1 fully saturated rings. The van der Waals surface area contributed by atoms with Gasteiger partial charge in [-0.25, -0.2) is 8.78 Å². The van der Waals surface area contributed by atoms with Gasteiger partial charge in [-0.05, 0) is 55.6 Å². The van der Waals surface area contributed by atoms with Gasteiger partial charge in [-0.15, -0.1) is 0 Å². The molecular weight excluding hydrogens is 420 g/mol. The van der Waals surface area contributed by atoms with Gasteiger partial charge in [0.25, 0.3) is 0 Å². The Morgan fingerprint density at radius 3 is 2.73 bits per heavy atom. The second-order valence-corrected chi connectivity index (χ2v) is 9.51. The average Bonchev–Trinajstić information content (AvgIpc) is 3.25. The Morgan fingerprint density at radius 2 is 2.00 bits per heavy atom. The van der Waals surface area contributed by atoms with Crippen molar-refractivity contribution in [3.63, 3.8) is 0 Å². The third-order valence-corrected chi connectivity index (χ3v) is 7.66. The van der Waals surface area contributed by atoms with E-state index in [4.69, 9.17) is 0 Å². The third kappa shape index (κ3) is 3.74. The van der Waals surface area contributed by atoms with Crippen molar-refractivity contribution >= 4 is 16.8 Å². The predicted molar refractivity (Wildman–Crippen MR) is 126 cm³/mol. The number of benzene rings is 2. The Labute approximate surface area is 193 Å². The van der Waals surface area contributed by atoms with Gasteiger partial charge in [-0.1, -0.05) is 24.6 Å². The van der Waals surface area contributed by atoms with Crippen LogP contribution in [0.2, 0.25) is 0 Å². The van der Waals surface area contributed by atoms with E-state index in [1.807, 2.05) is 0 Å². The zero-order valence-electron chi connectivity index (χ0n) is 19.5. The first-order chi connectivity index (χ1) is 15.9. The molecule has 1 saturated heterocycles. The van der Waals surface area contributed by atoms with Crippen LogP contribution in [0, 0.1) is 18.6 Å². The summed E-state index contributed by atoms with van der Waals surface area (Å²) in [5, 5.41) is 3.94. The zero-order chi connectivity index (χ0) is 23.3. The minimum atomic E-state index is -0.606. The van der Waals surface area contributed by atoms with E-state index in [-0.39, 0.29) is 12.3 Å². The molecule has 3 aromatic rings. The number of aryl methyl sites for hydroxylation is 1. The highest BCUT2D eigenvalue weighted by molar-refractivity contribution is 5.87. The number of carbonyl (C=O) groups excluding carboxylic acids is 1. The van der Waals surface area contributed by atoms with Gasteiger partial charge in [0.1, 0.15) is 11.6 Å². The van der Waals surface area contributed by atoms with Crippen LogP contribution in [-0.2, 0) is 17.8 Å². The standard InChI is InChI=1S/C27H31F2N3O/c1-4-31-19-7-10-24(31)27-21-11-16(2)5-9-23(21)32(25(27)14-19)15-17(12-26(33)30-3)20-8-6-18(28)13-22(20)29/h5-6,8-9,11,13,17,19,24H,4,7,10,12,14-15H2,1-3H3,(H,30,33). The number of halogens is 2. The number of likely N-dealkylation sites (N-methyl/N-ethyl adjacent to an activating group) is 1. The maximum atomic E-state index is 14.8. The largest absolute Gasteiger partial charge is 0.359 e. The number of nitrogens with zero attached hydrogens (tertiary/aromatic N) is 2. The predicted octanol–water partition coefficient (Wildman–Crippen LogP) is 5.23. The summed E-state index contributed by atoms with van der Waals surface area (Å²) in [5.74, 6) is -1.75. The second-order valence-electron chi connectivity index (χ2n) is 9.51. The normalized spacial score (nSPS) is 20.8. The molecule has 2 bridgehead atoms. The molecule has 0 saturated carbocycles. The maximum Gasteiger partial charge on any atom is 0.220 e. The number of rotatable bonds is 6. The van der Waals surface area contributed by atoms with E-state index in [0.29, 0.717) is 24.2 Å². The maximum absolute atomic E-state index is 14.8. The van der Waals surface area contributed by atoms with Gasteiger partial charge in [0.05, 0.1) is 0 Å². The van der Waals surface area contributed by atoms with Gasteiger partial charge in [-0.2, -0.15) is 0 Å². The molecule has 2 aromatic carbocycles. The van der Waals surface area contributed by atoms with Gasteiger partial charge >= 0.3 is 0 Å². The summed E-state index contributed by atoms with van der Waals surface area (Å²) < 4.78 is 30.8. The molecule has 1 aromatic heterocycles. The molecule has 6 heteroatoms. The molecular formula is C27H31F2N3O.